The highest BCUT2D eigenvalue weighted by molar-refractivity contribution is 5.94. The zero-order valence-corrected chi connectivity index (χ0v) is 8.76. The lowest BCUT2D eigenvalue weighted by atomic mass is 10.4. The van der Waals surface area contributed by atoms with E-state index in [0.717, 1.165) is 25.2 Å². The van der Waals surface area contributed by atoms with Gasteiger partial charge < -0.3 is 14.8 Å². The summed E-state index contributed by atoms with van der Waals surface area (Å²) in [6.45, 7) is 5.98. The van der Waals surface area contributed by atoms with Gasteiger partial charge in [0, 0.05) is 19.8 Å². The van der Waals surface area contributed by atoms with Crippen LogP contribution in [-0.2, 0) is 14.3 Å². The lowest BCUT2D eigenvalue weighted by Gasteiger charge is -2.02. The van der Waals surface area contributed by atoms with E-state index in [1.807, 2.05) is 0 Å². The Morgan fingerprint density at radius 2 is 2.21 bits per heavy atom. The molecule has 1 heterocycles. The van der Waals surface area contributed by atoms with Gasteiger partial charge in [-0.2, -0.15) is 0 Å². The minimum Gasteiger partial charge on any atom is -0.449 e. The summed E-state index contributed by atoms with van der Waals surface area (Å²) in [6.07, 6.45) is 1.88. The van der Waals surface area contributed by atoms with Crippen LogP contribution < -0.4 is 5.32 Å². The normalized spacial score (nSPS) is 13.9. The van der Waals surface area contributed by atoms with E-state index in [4.69, 9.17) is 9.47 Å². The number of ether oxygens (including phenoxy) is 2. The molecule has 1 aliphatic heterocycles. The standard InChI is InChI=1S/C10H17NO3/c1-3-6-13-7-4-5-11-10(12)9-8(2)14-9/h3-7H2,1-2H3,(H,11,12). The highest BCUT2D eigenvalue weighted by atomic mass is 16.6. The maximum atomic E-state index is 11.2. The van der Waals surface area contributed by atoms with Crippen molar-refractivity contribution >= 4 is 5.91 Å². The van der Waals surface area contributed by atoms with Gasteiger partial charge >= 0.3 is 0 Å². The van der Waals surface area contributed by atoms with E-state index in [1.54, 1.807) is 6.92 Å². The van der Waals surface area contributed by atoms with Crippen LogP contribution in [0.1, 0.15) is 26.7 Å². The van der Waals surface area contributed by atoms with Crippen LogP contribution in [0.15, 0.2) is 11.5 Å². The molecule has 0 fully saturated rings. The Kier molecular flexibility index (Phi) is 4.46. The minimum absolute atomic E-state index is 0.113. The van der Waals surface area contributed by atoms with Crippen molar-refractivity contribution < 1.29 is 14.3 Å². The number of hydrogen-bond donors (Lipinski definition) is 1. The van der Waals surface area contributed by atoms with Gasteiger partial charge in [-0.3, -0.25) is 4.79 Å². The van der Waals surface area contributed by atoms with Crippen molar-refractivity contribution in [3.8, 4) is 0 Å². The van der Waals surface area contributed by atoms with E-state index in [-0.39, 0.29) is 5.91 Å². The van der Waals surface area contributed by atoms with Gasteiger partial charge in [-0.1, -0.05) is 6.92 Å². The number of allylic oxidation sites excluding steroid dienone is 1. The van der Waals surface area contributed by atoms with E-state index in [2.05, 4.69) is 12.2 Å². The summed E-state index contributed by atoms with van der Waals surface area (Å²) >= 11 is 0. The molecule has 14 heavy (non-hydrogen) atoms. The molecule has 0 aromatic heterocycles. The summed E-state index contributed by atoms with van der Waals surface area (Å²) in [5.74, 6) is 1.09. The Bertz CT molecular complexity index is 236. The second kappa shape index (κ2) is 5.65. The summed E-state index contributed by atoms with van der Waals surface area (Å²) in [5.41, 5.74) is 0. The maximum absolute atomic E-state index is 11.2. The molecule has 4 heteroatoms. The first-order chi connectivity index (χ1) is 6.75. The van der Waals surface area contributed by atoms with E-state index in [0.29, 0.717) is 18.9 Å². The number of carbonyl (C=O) groups is 1. The molecule has 0 aromatic rings. The predicted octanol–water partition coefficient (Wildman–Crippen LogP) is 1.18. The van der Waals surface area contributed by atoms with Gasteiger partial charge in [0.05, 0.1) is 0 Å². The SMILES string of the molecule is CCCOCCCNC(=O)C1=C(C)O1. The van der Waals surface area contributed by atoms with Crippen molar-refractivity contribution in [1.29, 1.82) is 0 Å². The summed E-state index contributed by atoms with van der Waals surface area (Å²) in [6, 6.07) is 0. The zero-order chi connectivity index (χ0) is 10.4. The second-order valence-electron chi connectivity index (χ2n) is 3.21. The fourth-order valence-corrected chi connectivity index (χ4v) is 1.04. The molecule has 0 bridgehead atoms. The Morgan fingerprint density at radius 3 is 2.79 bits per heavy atom. The molecule has 0 spiro atoms. The molecule has 1 aliphatic rings. The largest absolute Gasteiger partial charge is 0.449 e. The molecule has 0 unspecified atom stereocenters. The van der Waals surface area contributed by atoms with Gasteiger partial charge in [0.1, 0.15) is 5.76 Å². The highest BCUT2D eigenvalue weighted by Crippen LogP contribution is 2.24. The number of nitrogens with one attached hydrogen (secondary N) is 1. The fraction of sp³-hybridized carbons (Fsp3) is 0.700. The van der Waals surface area contributed by atoms with E-state index in [9.17, 15) is 4.79 Å². The third-order valence-corrected chi connectivity index (χ3v) is 1.84. The molecule has 0 saturated heterocycles. The first-order valence-corrected chi connectivity index (χ1v) is 5.00. The molecule has 0 aliphatic carbocycles. The zero-order valence-electron chi connectivity index (χ0n) is 8.76. The average Bonchev–Trinajstić information content (AvgIpc) is 2.88. The van der Waals surface area contributed by atoms with Crippen molar-refractivity contribution in [2.75, 3.05) is 19.8 Å². The van der Waals surface area contributed by atoms with Crippen molar-refractivity contribution in [2.45, 2.75) is 26.7 Å². The summed E-state index contributed by atoms with van der Waals surface area (Å²) in [5, 5.41) is 2.75. The van der Waals surface area contributed by atoms with Crippen LogP contribution >= 0.6 is 0 Å². The number of carbonyl (C=O) groups excluding carboxylic acids is 1. The average molecular weight is 199 g/mol. The quantitative estimate of drug-likeness (QED) is 0.626. The smallest absolute Gasteiger partial charge is 0.290 e. The van der Waals surface area contributed by atoms with Crippen molar-refractivity contribution in [3.05, 3.63) is 11.5 Å². The van der Waals surface area contributed by atoms with Crippen LogP contribution in [0.3, 0.4) is 0 Å². The van der Waals surface area contributed by atoms with E-state index >= 15 is 0 Å². The molecule has 0 atom stereocenters. The Balaban J connectivity index is 1.91. The predicted molar refractivity (Wildman–Crippen MR) is 52.5 cm³/mol. The molecule has 80 valence electrons. The molecule has 0 saturated carbocycles. The van der Waals surface area contributed by atoms with E-state index < -0.39 is 0 Å². The molecule has 1 N–H and O–H groups in total. The number of amides is 1. The van der Waals surface area contributed by atoms with Crippen LogP contribution in [0, 0.1) is 0 Å². The Hall–Kier alpha value is -1.03. The molecule has 1 rings (SSSR count). The van der Waals surface area contributed by atoms with Crippen molar-refractivity contribution in [3.63, 3.8) is 0 Å². The summed E-state index contributed by atoms with van der Waals surface area (Å²) in [7, 11) is 0. The lowest BCUT2D eigenvalue weighted by molar-refractivity contribution is -0.118. The first kappa shape index (κ1) is 11.0. The molecule has 0 aromatic carbocycles. The molecule has 1 amide bonds. The summed E-state index contributed by atoms with van der Waals surface area (Å²) < 4.78 is 10.1. The third kappa shape index (κ3) is 3.79. The van der Waals surface area contributed by atoms with Crippen LogP contribution in [0.25, 0.3) is 0 Å². The molecular weight excluding hydrogens is 182 g/mol. The maximum Gasteiger partial charge on any atom is 0.290 e. The van der Waals surface area contributed by atoms with Gasteiger partial charge in [0.15, 0.2) is 0 Å². The monoisotopic (exact) mass is 199 g/mol. The molecule has 0 radical (unpaired) electrons. The van der Waals surface area contributed by atoms with Crippen LogP contribution in [0.5, 0.6) is 0 Å². The van der Waals surface area contributed by atoms with Crippen molar-refractivity contribution in [2.24, 2.45) is 0 Å². The van der Waals surface area contributed by atoms with Crippen LogP contribution in [0.2, 0.25) is 0 Å². The second-order valence-corrected chi connectivity index (χ2v) is 3.21. The van der Waals surface area contributed by atoms with Crippen molar-refractivity contribution in [1.82, 2.24) is 5.32 Å². The van der Waals surface area contributed by atoms with Gasteiger partial charge in [0.25, 0.3) is 5.91 Å². The number of rotatable bonds is 7. The minimum atomic E-state index is -0.113. The van der Waals surface area contributed by atoms with Gasteiger partial charge in [0.2, 0.25) is 5.76 Å². The van der Waals surface area contributed by atoms with Crippen LogP contribution in [-0.4, -0.2) is 25.7 Å². The van der Waals surface area contributed by atoms with Crippen LogP contribution in [0.4, 0.5) is 0 Å². The Labute approximate surface area is 84.3 Å². The van der Waals surface area contributed by atoms with Gasteiger partial charge in [-0.25, -0.2) is 0 Å². The third-order valence-electron chi connectivity index (χ3n) is 1.84. The first-order valence-electron chi connectivity index (χ1n) is 5.00. The van der Waals surface area contributed by atoms with Gasteiger partial charge in [-0.05, 0) is 19.8 Å². The molecule has 4 nitrogen and oxygen atoms in total. The summed E-state index contributed by atoms with van der Waals surface area (Å²) in [4.78, 5) is 11.2. The molecular formula is C10H17NO3. The Morgan fingerprint density at radius 1 is 1.50 bits per heavy atom. The fourth-order valence-electron chi connectivity index (χ4n) is 1.04. The highest BCUT2D eigenvalue weighted by Gasteiger charge is 2.27. The van der Waals surface area contributed by atoms with Gasteiger partial charge in [-0.15, -0.1) is 0 Å². The topological polar surface area (TPSA) is 50.9 Å². The number of hydrogen-bond acceptors (Lipinski definition) is 3. The lowest BCUT2D eigenvalue weighted by Crippen LogP contribution is -2.24. The van der Waals surface area contributed by atoms with E-state index in [1.165, 1.54) is 0 Å².